The van der Waals surface area contributed by atoms with Crippen LogP contribution in [0.3, 0.4) is 0 Å². The first-order chi connectivity index (χ1) is 7.25. The summed E-state index contributed by atoms with van der Waals surface area (Å²) in [5, 5.41) is 8.69. The van der Waals surface area contributed by atoms with Gasteiger partial charge in [-0.05, 0) is 17.9 Å². The summed E-state index contributed by atoms with van der Waals surface area (Å²) in [6, 6.07) is 4.19. The van der Waals surface area contributed by atoms with E-state index in [-0.39, 0.29) is 0 Å². The molecule has 0 saturated heterocycles. The van der Waals surface area contributed by atoms with Gasteiger partial charge in [0, 0.05) is 18.5 Å². The molecule has 3 N–H and O–H groups in total. The predicted molar refractivity (Wildman–Crippen MR) is 62.1 cm³/mol. The summed E-state index contributed by atoms with van der Waals surface area (Å²) in [7, 11) is 1.95. The summed E-state index contributed by atoms with van der Waals surface area (Å²) in [5.74, 6) is 0.997. The molecule has 5 nitrogen and oxygen atoms in total. The van der Waals surface area contributed by atoms with Gasteiger partial charge in [0.25, 0.3) is 0 Å². The highest BCUT2D eigenvalue weighted by molar-refractivity contribution is 7.09. The molecule has 2 aromatic rings. The van der Waals surface area contributed by atoms with Crippen LogP contribution in [0.25, 0.3) is 0 Å². The zero-order valence-electron chi connectivity index (χ0n) is 8.47. The normalized spacial score (nSPS) is 10.5. The first-order valence-corrected chi connectivity index (χ1v) is 5.55. The van der Waals surface area contributed by atoms with E-state index in [0.717, 1.165) is 13.0 Å². The van der Waals surface area contributed by atoms with E-state index in [2.05, 4.69) is 32.7 Å². The van der Waals surface area contributed by atoms with Crippen LogP contribution in [0.15, 0.2) is 17.5 Å². The third kappa shape index (κ3) is 2.47. The summed E-state index contributed by atoms with van der Waals surface area (Å²) >= 11 is 1.77. The van der Waals surface area contributed by atoms with Crippen LogP contribution in [0.2, 0.25) is 0 Å². The minimum absolute atomic E-state index is 0.355. The molecule has 0 fully saturated rings. The van der Waals surface area contributed by atoms with Crippen molar-refractivity contribution >= 4 is 23.2 Å². The monoisotopic (exact) mass is 223 g/mol. The lowest BCUT2D eigenvalue weighted by Gasteiger charge is -2.13. The Morgan fingerprint density at radius 3 is 3.07 bits per heavy atom. The van der Waals surface area contributed by atoms with Crippen LogP contribution >= 0.6 is 11.3 Å². The van der Waals surface area contributed by atoms with E-state index in [1.54, 1.807) is 11.3 Å². The van der Waals surface area contributed by atoms with Gasteiger partial charge < -0.3 is 10.6 Å². The topological polar surface area (TPSA) is 70.8 Å². The molecule has 0 aliphatic rings. The highest BCUT2D eigenvalue weighted by atomic mass is 32.1. The number of thiophene rings is 1. The van der Waals surface area contributed by atoms with E-state index in [9.17, 15) is 0 Å². The van der Waals surface area contributed by atoms with Gasteiger partial charge in [-0.1, -0.05) is 6.07 Å². The molecule has 6 heteroatoms. The SMILES string of the molecule is CN(CCc1cccs1)c1n[nH]c(N)n1. The van der Waals surface area contributed by atoms with E-state index < -0.39 is 0 Å². The van der Waals surface area contributed by atoms with E-state index in [1.165, 1.54) is 4.88 Å². The number of nitrogens with two attached hydrogens (primary N) is 1. The molecule has 0 aliphatic carbocycles. The second-order valence-corrected chi connectivity index (χ2v) is 4.30. The van der Waals surface area contributed by atoms with Gasteiger partial charge in [0.15, 0.2) is 0 Å². The molecule has 0 saturated carbocycles. The van der Waals surface area contributed by atoms with Crippen molar-refractivity contribution < 1.29 is 0 Å². The molecule has 2 aromatic heterocycles. The van der Waals surface area contributed by atoms with Gasteiger partial charge in [0.05, 0.1) is 0 Å². The number of hydrogen-bond donors (Lipinski definition) is 2. The summed E-state index contributed by atoms with van der Waals surface area (Å²) in [6.07, 6.45) is 1.00. The van der Waals surface area contributed by atoms with Crippen molar-refractivity contribution in [1.29, 1.82) is 0 Å². The molecule has 0 amide bonds. The lowest BCUT2D eigenvalue weighted by Crippen LogP contribution is -2.21. The van der Waals surface area contributed by atoms with Gasteiger partial charge in [-0.3, -0.25) is 0 Å². The fraction of sp³-hybridized carbons (Fsp3) is 0.333. The molecular formula is C9H13N5S. The maximum Gasteiger partial charge on any atom is 0.246 e. The van der Waals surface area contributed by atoms with Crippen molar-refractivity contribution in [3.8, 4) is 0 Å². The Morgan fingerprint density at radius 2 is 2.47 bits per heavy atom. The fourth-order valence-corrected chi connectivity index (χ4v) is 1.97. The third-order valence-corrected chi connectivity index (χ3v) is 3.04. The number of rotatable bonds is 4. The smallest absolute Gasteiger partial charge is 0.246 e. The molecule has 0 bridgehead atoms. The Kier molecular flexibility index (Phi) is 2.86. The molecule has 0 aromatic carbocycles. The van der Waals surface area contributed by atoms with Gasteiger partial charge in [0.2, 0.25) is 11.9 Å². The second-order valence-electron chi connectivity index (χ2n) is 3.27. The van der Waals surface area contributed by atoms with Crippen LogP contribution in [0.1, 0.15) is 4.88 Å². The van der Waals surface area contributed by atoms with E-state index in [0.29, 0.717) is 11.9 Å². The average Bonchev–Trinajstić information content (AvgIpc) is 2.84. The molecule has 0 unspecified atom stereocenters. The van der Waals surface area contributed by atoms with Gasteiger partial charge in [-0.25, -0.2) is 5.10 Å². The van der Waals surface area contributed by atoms with Gasteiger partial charge in [-0.15, -0.1) is 16.4 Å². The van der Waals surface area contributed by atoms with Crippen molar-refractivity contribution in [1.82, 2.24) is 15.2 Å². The maximum absolute atomic E-state index is 5.45. The highest BCUT2D eigenvalue weighted by Crippen LogP contribution is 2.11. The second kappa shape index (κ2) is 4.31. The number of nitrogen functional groups attached to an aromatic ring is 1. The molecule has 0 spiro atoms. The number of hydrogen-bond acceptors (Lipinski definition) is 5. The molecule has 0 atom stereocenters. The molecular weight excluding hydrogens is 210 g/mol. The number of anilines is 2. The van der Waals surface area contributed by atoms with Crippen molar-refractivity contribution in [2.45, 2.75) is 6.42 Å². The fourth-order valence-electron chi connectivity index (χ4n) is 1.27. The van der Waals surface area contributed by atoms with Crippen LogP contribution in [0, 0.1) is 0 Å². The largest absolute Gasteiger partial charge is 0.368 e. The first-order valence-electron chi connectivity index (χ1n) is 4.67. The Hall–Kier alpha value is -1.56. The van der Waals surface area contributed by atoms with Gasteiger partial charge >= 0.3 is 0 Å². The lowest BCUT2D eigenvalue weighted by molar-refractivity contribution is 0.848. The highest BCUT2D eigenvalue weighted by Gasteiger charge is 2.06. The molecule has 80 valence electrons. The minimum Gasteiger partial charge on any atom is -0.368 e. The predicted octanol–water partition coefficient (Wildman–Crippen LogP) is 1.13. The quantitative estimate of drug-likeness (QED) is 0.815. The van der Waals surface area contributed by atoms with Crippen molar-refractivity contribution in [2.24, 2.45) is 0 Å². The van der Waals surface area contributed by atoms with Crippen LogP contribution < -0.4 is 10.6 Å². The Morgan fingerprint density at radius 1 is 1.60 bits per heavy atom. The van der Waals surface area contributed by atoms with Crippen LogP contribution in [0.5, 0.6) is 0 Å². The van der Waals surface area contributed by atoms with Crippen molar-refractivity contribution in [2.75, 3.05) is 24.2 Å². The van der Waals surface area contributed by atoms with Crippen LogP contribution in [0.4, 0.5) is 11.9 Å². The standard InChI is InChI=1S/C9H13N5S/c1-14(9-11-8(10)12-13-9)5-4-7-3-2-6-15-7/h2-3,6H,4-5H2,1H3,(H3,10,11,12,13). The Balaban J connectivity index is 1.90. The number of aromatic nitrogens is 3. The van der Waals surface area contributed by atoms with Crippen LogP contribution in [-0.4, -0.2) is 28.8 Å². The molecule has 2 heterocycles. The Labute approximate surface area is 91.9 Å². The van der Waals surface area contributed by atoms with E-state index in [4.69, 9.17) is 5.73 Å². The summed E-state index contributed by atoms with van der Waals surface area (Å²) in [5.41, 5.74) is 5.45. The molecule has 2 rings (SSSR count). The molecule has 0 radical (unpaired) electrons. The van der Waals surface area contributed by atoms with E-state index >= 15 is 0 Å². The number of H-pyrrole nitrogens is 1. The van der Waals surface area contributed by atoms with Gasteiger partial charge in [-0.2, -0.15) is 4.98 Å². The van der Waals surface area contributed by atoms with E-state index in [1.807, 2.05) is 11.9 Å². The zero-order valence-corrected chi connectivity index (χ0v) is 9.29. The summed E-state index contributed by atoms with van der Waals surface area (Å²) < 4.78 is 0. The number of nitrogens with zero attached hydrogens (tertiary/aromatic N) is 3. The Bertz CT molecular complexity index is 408. The number of nitrogens with one attached hydrogen (secondary N) is 1. The first kappa shape index (κ1) is 9.97. The van der Waals surface area contributed by atoms with Crippen molar-refractivity contribution in [3.63, 3.8) is 0 Å². The summed E-state index contributed by atoms with van der Waals surface area (Å²) in [4.78, 5) is 7.40. The lowest BCUT2D eigenvalue weighted by atomic mass is 10.3. The maximum atomic E-state index is 5.45. The third-order valence-electron chi connectivity index (χ3n) is 2.11. The minimum atomic E-state index is 0.355. The average molecular weight is 223 g/mol. The zero-order chi connectivity index (χ0) is 10.7. The van der Waals surface area contributed by atoms with Crippen LogP contribution in [-0.2, 0) is 6.42 Å². The molecule has 0 aliphatic heterocycles. The van der Waals surface area contributed by atoms with Gasteiger partial charge in [0.1, 0.15) is 0 Å². The summed E-state index contributed by atoms with van der Waals surface area (Å²) in [6.45, 7) is 0.887. The number of likely N-dealkylation sites (N-methyl/N-ethyl adjacent to an activating group) is 1. The number of aromatic amines is 1. The van der Waals surface area contributed by atoms with Crippen molar-refractivity contribution in [3.05, 3.63) is 22.4 Å². The molecule has 15 heavy (non-hydrogen) atoms.